The van der Waals surface area contributed by atoms with Gasteiger partial charge >= 0.3 is 6.09 Å². The van der Waals surface area contributed by atoms with Crippen LogP contribution in [0.1, 0.15) is 0 Å². The third-order valence-electron chi connectivity index (χ3n) is 1.00. The molecular formula is C5H10N2O3S. The molecule has 6 heteroatoms. The third-order valence-corrected chi connectivity index (χ3v) is 1.37. The fourth-order valence-corrected chi connectivity index (χ4v) is 0.679. The fraction of sp³-hybridized carbons (Fsp3) is 0.600. The summed E-state index contributed by atoms with van der Waals surface area (Å²) in [5.74, 6) is -0.477. The normalized spacial score (nSPS) is 11.8. The number of carbonyl (C=O) groups is 2. The van der Waals surface area contributed by atoms with Crippen molar-refractivity contribution < 1.29 is 14.3 Å². The molecule has 0 saturated heterocycles. The van der Waals surface area contributed by atoms with Crippen molar-refractivity contribution >= 4 is 24.6 Å². The summed E-state index contributed by atoms with van der Waals surface area (Å²) in [4.78, 5) is 21.0. The first-order chi connectivity index (χ1) is 5.11. The lowest BCUT2D eigenvalue weighted by atomic mass is 10.3. The summed E-state index contributed by atoms with van der Waals surface area (Å²) < 4.78 is 4.24. The van der Waals surface area contributed by atoms with Gasteiger partial charge in [-0.05, 0) is 0 Å². The van der Waals surface area contributed by atoms with Gasteiger partial charge in [-0.2, -0.15) is 12.6 Å². The van der Waals surface area contributed by atoms with Gasteiger partial charge in [-0.15, -0.1) is 0 Å². The molecule has 0 aliphatic rings. The number of ether oxygens (including phenoxy) is 1. The Hall–Kier alpha value is -0.910. The second-order valence-corrected chi connectivity index (χ2v) is 2.14. The predicted molar refractivity (Wildman–Crippen MR) is 42.4 cm³/mol. The summed E-state index contributed by atoms with van der Waals surface area (Å²) in [6.07, 6.45) is -0.692. The zero-order valence-corrected chi connectivity index (χ0v) is 6.93. The predicted octanol–water partition coefficient (Wildman–Crippen LogP) is -0.874. The number of amides is 2. The Morgan fingerprint density at radius 1 is 1.73 bits per heavy atom. The molecule has 64 valence electrons. The Morgan fingerprint density at radius 3 is 2.55 bits per heavy atom. The van der Waals surface area contributed by atoms with E-state index in [9.17, 15) is 9.59 Å². The van der Waals surface area contributed by atoms with Gasteiger partial charge in [0.2, 0.25) is 5.91 Å². The highest BCUT2D eigenvalue weighted by Gasteiger charge is 2.15. The Kier molecular flexibility index (Phi) is 4.44. The second-order valence-electron chi connectivity index (χ2n) is 1.77. The van der Waals surface area contributed by atoms with Crippen molar-refractivity contribution in [3.05, 3.63) is 0 Å². The zero-order valence-electron chi connectivity index (χ0n) is 6.03. The smallest absolute Gasteiger partial charge is 0.407 e. The first kappa shape index (κ1) is 10.1. The van der Waals surface area contributed by atoms with Crippen LogP contribution in [0.3, 0.4) is 0 Å². The van der Waals surface area contributed by atoms with Crippen LogP contribution in [0, 0.1) is 0 Å². The molecule has 5 nitrogen and oxygen atoms in total. The average molecular weight is 178 g/mol. The summed E-state index contributed by atoms with van der Waals surface area (Å²) in [5.41, 5.74) is 4.89. The van der Waals surface area contributed by atoms with E-state index in [4.69, 9.17) is 5.73 Å². The van der Waals surface area contributed by atoms with Gasteiger partial charge in [-0.25, -0.2) is 4.79 Å². The van der Waals surface area contributed by atoms with E-state index in [1.807, 2.05) is 0 Å². The van der Waals surface area contributed by atoms with Gasteiger partial charge in [0.25, 0.3) is 0 Å². The maximum Gasteiger partial charge on any atom is 0.407 e. The zero-order chi connectivity index (χ0) is 8.85. The highest BCUT2D eigenvalue weighted by molar-refractivity contribution is 7.80. The van der Waals surface area contributed by atoms with Gasteiger partial charge in [0.1, 0.15) is 6.04 Å². The standard InChI is InChI=1S/C5H10N2O3S/c1-10-5(9)7-3(2-11)4(6)8/h3,11H,2H2,1H3,(H2,6,8)(H,7,9). The number of carbonyl (C=O) groups excluding carboxylic acids is 2. The van der Waals surface area contributed by atoms with Crippen molar-refractivity contribution in [2.45, 2.75) is 6.04 Å². The van der Waals surface area contributed by atoms with Crippen molar-refractivity contribution in [3.63, 3.8) is 0 Å². The van der Waals surface area contributed by atoms with Gasteiger partial charge in [0.15, 0.2) is 0 Å². The van der Waals surface area contributed by atoms with E-state index in [1.54, 1.807) is 0 Å². The maximum absolute atomic E-state index is 10.5. The third kappa shape index (κ3) is 3.72. The average Bonchev–Trinajstić information content (AvgIpc) is 1.99. The van der Waals surface area contributed by atoms with Crippen LogP contribution in [-0.2, 0) is 9.53 Å². The van der Waals surface area contributed by atoms with Crippen LogP contribution in [-0.4, -0.2) is 30.9 Å². The lowest BCUT2D eigenvalue weighted by molar-refractivity contribution is -0.119. The lowest BCUT2D eigenvalue weighted by Gasteiger charge is -2.10. The van der Waals surface area contributed by atoms with E-state index in [1.165, 1.54) is 7.11 Å². The summed E-state index contributed by atoms with van der Waals surface area (Å²) >= 11 is 3.80. The van der Waals surface area contributed by atoms with E-state index in [0.717, 1.165) is 0 Å². The van der Waals surface area contributed by atoms with Gasteiger partial charge in [-0.3, -0.25) is 4.79 Å². The van der Waals surface area contributed by atoms with Crippen molar-refractivity contribution in [2.75, 3.05) is 12.9 Å². The molecule has 1 atom stereocenters. The minimum Gasteiger partial charge on any atom is -0.453 e. The van der Waals surface area contributed by atoms with E-state index in [0.29, 0.717) is 0 Å². The number of primary amides is 1. The van der Waals surface area contributed by atoms with Crippen LogP contribution < -0.4 is 11.1 Å². The van der Waals surface area contributed by atoms with Crippen LogP contribution in [0.2, 0.25) is 0 Å². The van der Waals surface area contributed by atoms with E-state index < -0.39 is 18.0 Å². The van der Waals surface area contributed by atoms with Gasteiger partial charge in [-0.1, -0.05) is 0 Å². The summed E-state index contributed by atoms with van der Waals surface area (Å²) in [6.45, 7) is 0. The highest BCUT2D eigenvalue weighted by Crippen LogP contribution is 1.87. The van der Waals surface area contributed by atoms with Crippen LogP contribution in [0.5, 0.6) is 0 Å². The van der Waals surface area contributed by atoms with Crippen LogP contribution >= 0.6 is 12.6 Å². The minimum absolute atomic E-state index is 0.157. The summed E-state index contributed by atoms with van der Waals surface area (Å²) in [6, 6.07) is -0.772. The molecule has 11 heavy (non-hydrogen) atoms. The van der Waals surface area contributed by atoms with Crippen molar-refractivity contribution in [1.82, 2.24) is 5.32 Å². The molecule has 0 aromatic carbocycles. The van der Waals surface area contributed by atoms with Crippen LogP contribution in [0.4, 0.5) is 4.79 Å². The van der Waals surface area contributed by atoms with Crippen molar-refractivity contribution in [3.8, 4) is 0 Å². The minimum atomic E-state index is -0.772. The number of alkyl carbamates (subject to hydrolysis) is 1. The SMILES string of the molecule is COC(=O)NC(CS)C(N)=O. The van der Waals surface area contributed by atoms with Crippen LogP contribution in [0.25, 0.3) is 0 Å². The molecule has 0 rings (SSSR count). The molecule has 2 amide bonds. The molecule has 1 unspecified atom stereocenters. The van der Waals surface area contributed by atoms with Crippen molar-refractivity contribution in [2.24, 2.45) is 5.73 Å². The highest BCUT2D eigenvalue weighted by atomic mass is 32.1. The molecule has 0 aliphatic carbocycles. The van der Waals surface area contributed by atoms with Gasteiger partial charge < -0.3 is 15.8 Å². The lowest BCUT2D eigenvalue weighted by Crippen LogP contribution is -2.45. The van der Waals surface area contributed by atoms with E-state index in [-0.39, 0.29) is 5.75 Å². The van der Waals surface area contributed by atoms with Crippen molar-refractivity contribution in [1.29, 1.82) is 0 Å². The van der Waals surface area contributed by atoms with Crippen LogP contribution in [0.15, 0.2) is 0 Å². The Labute approximate surface area is 69.7 Å². The molecule has 0 aromatic heterocycles. The second kappa shape index (κ2) is 4.84. The van der Waals surface area contributed by atoms with E-state index >= 15 is 0 Å². The quantitative estimate of drug-likeness (QED) is 0.491. The molecule has 0 heterocycles. The number of rotatable bonds is 3. The monoisotopic (exact) mass is 178 g/mol. The summed E-state index contributed by atoms with van der Waals surface area (Å²) in [5, 5.41) is 2.20. The molecule has 0 spiro atoms. The molecule has 0 aromatic rings. The molecule has 0 aliphatic heterocycles. The first-order valence-corrected chi connectivity index (χ1v) is 3.49. The number of nitrogens with two attached hydrogens (primary N) is 1. The molecule has 0 saturated carbocycles. The molecule has 3 N–H and O–H groups in total. The first-order valence-electron chi connectivity index (χ1n) is 2.86. The van der Waals surface area contributed by atoms with E-state index in [2.05, 4.69) is 22.7 Å². The van der Waals surface area contributed by atoms with Gasteiger partial charge in [0, 0.05) is 5.75 Å². The Morgan fingerprint density at radius 2 is 2.27 bits per heavy atom. The maximum atomic E-state index is 10.5. The topological polar surface area (TPSA) is 81.4 Å². The fourth-order valence-electron chi connectivity index (χ4n) is 0.408. The largest absolute Gasteiger partial charge is 0.453 e. The van der Waals surface area contributed by atoms with Gasteiger partial charge in [0.05, 0.1) is 7.11 Å². The molecule has 0 bridgehead atoms. The summed E-state index contributed by atoms with van der Waals surface area (Å²) in [7, 11) is 1.20. The Balaban J connectivity index is 3.88. The number of thiol groups is 1. The number of hydrogen-bond donors (Lipinski definition) is 3. The number of nitrogens with one attached hydrogen (secondary N) is 1. The molecule has 0 radical (unpaired) electrons. The molecule has 0 fully saturated rings. The number of methoxy groups -OCH3 is 1. The number of hydrogen-bond acceptors (Lipinski definition) is 4. The molecular weight excluding hydrogens is 168 g/mol. The Bertz CT molecular complexity index is 162.